The number of nitrogens with zero attached hydrogens (tertiary/aromatic N) is 2. The minimum Gasteiger partial charge on any atom is -0.369 e. The van der Waals surface area contributed by atoms with Crippen LogP contribution in [-0.4, -0.2) is 12.0 Å². The second-order valence-corrected chi connectivity index (χ2v) is 5.50. The van der Waals surface area contributed by atoms with Crippen LogP contribution in [0.4, 0.5) is 5.69 Å². The van der Waals surface area contributed by atoms with Gasteiger partial charge >= 0.3 is 0 Å². The summed E-state index contributed by atoms with van der Waals surface area (Å²) in [7, 11) is 2.10. The molecule has 18 heavy (non-hydrogen) atoms. The maximum atomic E-state index is 6.02. The third-order valence-corrected chi connectivity index (χ3v) is 3.98. The predicted octanol–water partition coefficient (Wildman–Crippen LogP) is 3.11. The lowest BCUT2D eigenvalue weighted by Crippen LogP contribution is -2.20. The molecule has 0 aliphatic rings. The molecule has 0 radical (unpaired) electrons. The third-order valence-electron chi connectivity index (χ3n) is 3.06. The molecule has 3 nitrogen and oxygen atoms in total. The number of hydrogen-bond donors (Lipinski definition) is 1. The number of aromatic nitrogens is 1. The van der Waals surface area contributed by atoms with Gasteiger partial charge in [-0.25, -0.2) is 4.98 Å². The fraction of sp³-hybridized carbons (Fsp3) is 0.357. The Kier molecular flexibility index (Phi) is 3.99. The molecular weight excluding hydrogens is 242 g/mol. The van der Waals surface area contributed by atoms with Gasteiger partial charge in [0.1, 0.15) is 0 Å². The molecule has 0 saturated carbocycles. The molecule has 1 aromatic carbocycles. The van der Waals surface area contributed by atoms with E-state index in [2.05, 4.69) is 42.1 Å². The van der Waals surface area contributed by atoms with Crippen LogP contribution in [0.5, 0.6) is 0 Å². The van der Waals surface area contributed by atoms with E-state index in [4.69, 9.17) is 5.73 Å². The summed E-state index contributed by atoms with van der Waals surface area (Å²) in [6.45, 7) is 4.95. The van der Waals surface area contributed by atoms with Crippen LogP contribution in [0.25, 0.3) is 0 Å². The van der Waals surface area contributed by atoms with Gasteiger partial charge < -0.3 is 10.6 Å². The van der Waals surface area contributed by atoms with Crippen molar-refractivity contribution in [2.75, 3.05) is 11.9 Å². The molecule has 0 aliphatic heterocycles. The molecule has 1 heterocycles. The second kappa shape index (κ2) is 5.50. The number of benzene rings is 1. The summed E-state index contributed by atoms with van der Waals surface area (Å²) in [5.74, 6) is 0. The Bertz CT molecular complexity index is 519. The van der Waals surface area contributed by atoms with E-state index in [0.29, 0.717) is 0 Å². The molecule has 2 rings (SSSR count). The largest absolute Gasteiger partial charge is 0.369 e. The van der Waals surface area contributed by atoms with E-state index in [9.17, 15) is 0 Å². The number of para-hydroxylation sites is 1. The molecule has 2 N–H and O–H groups in total. The lowest BCUT2D eigenvalue weighted by atomic mass is 10.1. The minimum atomic E-state index is 0.0474. The van der Waals surface area contributed by atoms with Crippen molar-refractivity contribution in [2.24, 2.45) is 5.73 Å². The lowest BCUT2D eigenvalue weighted by Gasteiger charge is -2.23. The smallest absolute Gasteiger partial charge is 0.0798 e. The number of anilines is 1. The van der Waals surface area contributed by atoms with Gasteiger partial charge in [0, 0.05) is 23.7 Å². The highest BCUT2D eigenvalue weighted by molar-refractivity contribution is 7.09. The third kappa shape index (κ3) is 2.71. The van der Waals surface area contributed by atoms with Gasteiger partial charge in [-0.3, -0.25) is 0 Å². The number of hydrogen-bond acceptors (Lipinski definition) is 4. The van der Waals surface area contributed by atoms with Crippen molar-refractivity contribution in [3.63, 3.8) is 0 Å². The van der Waals surface area contributed by atoms with E-state index in [-0.39, 0.29) is 6.04 Å². The molecule has 0 amide bonds. The van der Waals surface area contributed by atoms with Crippen molar-refractivity contribution < 1.29 is 0 Å². The summed E-state index contributed by atoms with van der Waals surface area (Å²) in [6, 6.07) is 8.35. The van der Waals surface area contributed by atoms with Gasteiger partial charge in [-0.1, -0.05) is 18.2 Å². The topological polar surface area (TPSA) is 42.2 Å². The summed E-state index contributed by atoms with van der Waals surface area (Å²) >= 11 is 1.70. The predicted molar refractivity (Wildman–Crippen MR) is 78.0 cm³/mol. The molecule has 2 aromatic rings. The Balaban J connectivity index is 2.24. The van der Waals surface area contributed by atoms with E-state index in [1.54, 1.807) is 11.3 Å². The molecule has 0 bridgehead atoms. The fourth-order valence-electron chi connectivity index (χ4n) is 2.00. The number of thiazole rings is 1. The first-order valence-electron chi connectivity index (χ1n) is 6.04. The maximum Gasteiger partial charge on any atom is 0.0798 e. The van der Waals surface area contributed by atoms with Crippen molar-refractivity contribution in [1.29, 1.82) is 0 Å². The van der Waals surface area contributed by atoms with Crippen molar-refractivity contribution in [1.82, 2.24) is 4.98 Å². The van der Waals surface area contributed by atoms with Crippen LogP contribution in [0.1, 0.15) is 29.1 Å². The zero-order valence-corrected chi connectivity index (χ0v) is 11.9. The molecule has 0 unspecified atom stereocenters. The van der Waals surface area contributed by atoms with Gasteiger partial charge in [0.15, 0.2) is 0 Å². The zero-order chi connectivity index (χ0) is 13.1. The highest BCUT2D eigenvalue weighted by Gasteiger charge is 2.12. The Labute approximate surface area is 112 Å². The fourth-order valence-corrected chi connectivity index (χ4v) is 2.83. The zero-order valence-electron chi connectivity index (χ0n) is 11.1. The number of nitrogens with two attached hydrogens (primary N) is 1. The molecule has 0 fully saturated rings. The van der Waals surface area contributed by atoms with Crippen LogP contribution in [0, 0.1) is 6.92 Å². The van der Waals surface area contributed by atoms with Gasteiger partial charge in [0.05, 0.1) is 17.7 Å². The van der Waals surface area contributed by atoms with Crippen molar-refractivity contribution in [2.45, 2.75) is 26.4 Å². The van der Waals surface area contributed by atoms with Crippen LogP contribution in [0.2, 0.25) is 0 Å². The lowest BCUT2D eigenvalue weighted by molar-refractivity contribution is 0.802. The van der Waals surface area contributed by atoms with Gasteiger partial charge in [-0.2, -0.15) is 0 Å². The van der Waals surface area contributed by atoms with Crippen LogP contribution < -0.4 is 10.6 Å². The van der Waals surface area contributed by atoms with E-state index < -0.39 is 0 Å². The SMILES string of the molecule is Cc1ncsc1CN(C)c1ccccc1[C@H](C)N. The summed E-state index contributed by atoms with van der Waals surface area (Å²) in [4.78, 5) is 7.83. The van der Waals surface area contributed by atoms with Crippen molar-refractivity contribution >= 4 is 17.0 Å². The molecule has 96 valence electrons. The first-order valence-corrected chi connectivity index (χ1v) is 6.92. The Morgan fingerprint density at radius 2 is 2.11 bits per heavy atom. The molecule has 0 aliphatic carbocycles. The quantitative estimate of drug-likeness (QED) is 0.919. The van der Waals surface area contributed by atoms with Crippen LogP contribution in [0.15, 0.2) is 29.8 Å². The molecule has 0 saturated heterocycles. The van der Waals surface area contributed by atoms with Crippen LogP contribution >= 0.6 is 11.3 Å². The normalized spacial score (nSPS) is 12.4. The number of aryl methyl sites for hydroxylation is 1. The van der Waals surface area contributed by atoms with E-state index in [1.165, 1.54) is 16.1 Å². The number of rotatable bonds is 4. The van der Waals surface area contributed by atoms with Gasteiger partial charge in [-0.05, 0) is 25.5 Å². The molecule has 4 heteroatoms. The minimum absolute atomic E-state index is 0.0474. The Morgan fingerprint density at radius 1 is 1.39 bits per heavy atom. The molecule has 0 spiro atoms. The first kappa shape index (κ1) is 13.1. The summed E-state index contributed by atoms with van der Waals surface area (Å²) in [6.07, 6.45) is 0. The van der Waals surface area contributed by atoms with Gasteiger partial charge in [0.2, 0.25) is 0 Å². The van der Waals surface area contributed by atoms with E-state index >= 15 is 0 Å². The monoisotopic (exact) mass is 261 g/mol. The summed E-state index contributed by atoms with van der Waals surface area (Å²) in [5, 5.41) is 0. The van der Waals surface area contributed by atoms with Crippen molar-refractivity contribution in [3.8, 4) is 0 Å². The Hall–Kier alpha value is -1.39. The Morgan fingerprint density at radius 3 is 2.72 bits per heavy atom. The van der Waals surface area contributed by atoms with Crippen LogP contribution in [0.3, 0.4) is 0 Å². The molecule has 1 atom stereocenters. The standard InChI is InChI=1S/C14H19N3S/c1-10(15)12-6-4-5-7-13(12)17(3)8-14-11(2)16-9-18-14/h4-7,9-10H,8,15H2,1-3H3/t10-/m0/s1. The average Bonchev–Trinajstić information content (AvgIpc) is 2.75. The van der Waals surface area contributed by atoms with E-state index in [0.717, 1.165) is 12.2 Å². The second-order valence-electron chi connectivity index (χ2n) is 4.56. The summed E-state index contributed by atoms with van der Waals surface area (Å²) in [5.41, 5.74) is 11.4. The molecular formula is C14H19N3S. The average molecular weight is 261 g/mol. The highest BCUT2D eigenvalue weighted by atomic mass is 32.1. The van der Waals surface area contributed by atoms with Gasteiger partial charge in [-0.15, -0.1) is 11.3 Å². The van der Waals surface area contributed by atoms with Gasteiger partial charge in [0.25, 0.3) is 0 Å². The molecule has 1 aromatic heterocycles. The first-order chi connectivity index (χ1) is 8.59. The summed E-state index contributed by atoms with van der Waals surface area (Å²) < 4.78 is 0. The van der Waals surface area contributed by atoms with Crippen LogP contribution in [-0.2, 0) is 6.54 Å². The van der Waals surface area contributed by atoms with Crippen molar-refractivity contribution in [3.05, 3.63) is 45.9 Å². The maximum absolute atomic E-state index is 6.02. The highest BCUT2D eigenvalue weighted by Crippen LogP contribution is 2.26. The van der Waals surface area contributed by atoms with E-state index in [1.807, 2.05) is 18.5 Å².